The van der Waals surface area contributed by atoms with E-state index in [4.69, 9.17) is 14.7 Å². The van der Waals surface area contributed by atoms with Crippen LogP contribution in [0.15, 0.2) is 71.6 Å². The van der Waals surface area contributed by atoms with Gasteiger partial charge in [-0.3, -0.25) is 4.90 Å². The lowest BCUT2D eigenvalue weighted by Gasteiger charge is -2.26. The molecule has 1 saturated heterocycles. The maximum Gasteiger partial charge on any atom is 0.178 e. The molecule has 6 nitrogen and oxygen atoms in total. The molecule has 0 saturated carbocycles. The number of hydrogen-bond donors (Lipinski definition) is 0. The van der Waals surface area contributed by atoms with E-state index in [1.54, 1.807) is 42.5 Å². The van der Waals surface area contributed by atoms with Crippen LogP contribution >= 0.6 is 0 Å². The predicted octanol–water partition coefficient (Wildman–Crippen LogP) is 5.13. The van der Waals surface area contributed by atoms with Crippen LogP contribution in [-0.4, -0.2) is 61.9 Å². The topological polar surface area (TPSA) is 72.4 Å². The van der Waals surface area contributed by atoms with E-state index in [0.29, 0.717) is 40.0 Å². The van der Waals surface area contributed by atoms with Gasteiger partial charge in [-0.2, -0.15) is 0 Å². The van der Waals surface area contributed by atoms with Crippen molar-refractivity contribution in [3.8, 4) is 22.5 Å². The van der Waals surface area contributed by atoms with Crippen molar-refractivity contribution in [1.29, 1.82) is 0 Å². The lowest BCUT2D eigenvalue weighted by molar-refractivity contribution is 0.0373. The third-order valence-electron chi connectivity index (χ3n) is 6.47. The van der Waals surface area contributed by atoms with Crippen LogP contribution in [0.25, 0.3) is 33.5 Å². The van der Waals surface area contributed by atoms with Crippen LogP contribution in [0.5, 0.6) is 0 Å². The van der Waals surface area contributed by atoms with E-state index in [-0.39, 0.29) is 22.3 Å². The summed E-state index contributed by atoms with van der Waals surface area (Å²) in [6, 6.07) is 16.5. The summed E-state index contributed by atoms with van der Waals surface area (Å²) >= 11 is 0. The molecule has 5 rings (SSSR count). The van der Waals surface area contributed by atoms with E-state index in [1.807, 2.05) is 0 Å². The lowest BCUT2D eigenvalue weighted by atomic mass is 10.0. The van der Waals surface area contributed by atoms with Crippen LogP contribution < -0.4 is 0 Å². The van der Waals surface area contributed by atoms with Crippen LogP contribution in [0.3, 0.4) is 0 Å². The molecule has 0 spiro atoms. The number of fused-ring (bicyclic) bond motifs is 1. The van der Waals surface area contributed by atoms with E-state index >= 15 is 0 Å². The van der Waals surface area contributed by atoms with Crippen molar-refractivity contribution < 1.29 is 21.9 Å². The fraction of sp³-hybridized carbons (Fsp3) is 0.286. The molecular weight excluding hydrogens is 496 g/mol. The van der Waals surface area contributed by atoms with Gasteiger partial charge in [-0.1, -0.05) is 0 Å². The number of benzene rings is 3. The first kappa shape index (κ1) is 25.4. The average Bonchev–Trinajstić information content (AvgIpc) is 2.91. The number of halogens is 2. The minimum Gasteiger partial charge on any atom is -0.379 e. The average molecular weight is 524 g/mol. The fourth-order valence-corrected chi connectivity index (χ4v) is 5.80. The molecule has 1 aliphatic rings. The predicted molar refractivity (Wildman–Crippen MR) is 139 cm³/mol. The van der Waals surface area contributed by atoms with Gasteiger partial charge in [-0.15, -0.1) is 0 Å². The van der Waals surface area contributed by atoms with Gasteiger partial charge in [0.15, 0.2) is 9.84 Å². The zero-order valence-electron chi connectivity index (χ0n) is 20.2. The van der Waals surface area contributed by atoms with E-state index in [0.717, 1.165) is 39.3 Å². The molecule has 0 bridgehead atoms. The highest BCUT2D eigenvalue weighted by atomic mass is 32.2. The van der Waals surface area contributed by atoms with Crippen molar-refractivity contribution in [2.45, 2.75) is 17.7 Å². The molecule has 1 aromatic heterocycles. The number of ether oxygens (including phenoxy) is 1. The Bertz CT molecular complexity index is 1490. The first-order chi connectivity index (χ1) is 17.9. The number of sulfone groups is 1. The summed E-state index contributed by atoms with van der Waals surface area (Å²) in [5, 5.41) is 0. The normalized spacial score (nSPS) is 14.8. The van der Waals surface area contributed by atoms with Crippen LogP contribution in [0.4, 0.5) is 8.78 Å². The molecule has 0 amide bonds. The van der Waals surface area contributed by atoms with Gasteiger partial charge in [-0.05, 0) is 86.1 Å². The van der Waals surface area contributed by atoms with Crippen molar-refractivity contribution >= 4 is 20.9 Å². The molecule has 3 aromatic carbocycles. The molecule has 37 heavy (non-hydrogen) atoms. The van der Waals surface area contributed by atoms with Gasteiger partial charge in [0, 0.05) is 24.2 Å². The third kappa shape index (κ3) is 6.01. The van der Waals surface area contributed by atoms with Crippen LogP contribution in [0.2, 0.25) is 0 Å². The van der Waals surface area contributed by atoms with Crippen molar-refractivity contribution in [1.82, 2.24) is 14.9 Å². The van der Waals surface area contributed by atoms with E-state index < -0.39 is 9.84 Å². The van der Waals surface area contributed by atoms with E-state index in [1.165, 1.54) is 24.3 Å². The summed E-state index contributed by atoms with van der Waals surface area (Å²) in [4.78, 5) is 12.0. The summed E-state index contributed by atoms with van der Waals surface area (Å²) in [6.07, 6.45) is 1.36. The molecule has 1 fully saturated rings. The molecule has 4 aromatic rings. The van der Waals surface area contributed by atoms with Gasteiger partial charge < -0.3 is 4.74 Å². The summed E-state index contributed by atoms with van der Waals surface area (Å²) in [6.45, 7) is 4.06. The third-order valence-corrected chi connectivity index (χ3v) is 8.27. The second-order valence-corrected chi connectivity index (χ2v) is 11.2. The SMILES string of the molecule is O=S(=O)(CCCCN1CCOCC1)c1ccc2nc(-c3ccc(F)cc3)c(-c3ccc(F)cc3)nc2c1. The minimum atomic E-state index is -3.51. The number of unbranched alkanes of at least 4 members (excludes halogenated alkanes) is 1. The Labute approximate surface area is 214 Å². The van der Waals surface area contributed by atoms with Gasteiger partial charge in [0.25, 0.3) is 0 Å². The summed E-state index contributed by atoms with van der Waals surface area (Å²) in [5.41, 5.74) is 3.15. The number of aromatic nitrogens is 2. The standard InChI is InChI=1S/C28H27F2N3O3S/c29-22-7-3-20(4-8-22)27-28(21-5-9-23(30)10-6-21)32-26-19-24(11-12-25(26)31-27)37(34,35)18-2-1-13-33-14-16-36-17-15-33/h3-12,19H,1-2,13-18H2. The number of rotatable bonds is 8. The summed E-state index contributed by atoms with van der Waals surface area (Å²) < 4.78 is 58.6. The molecule has 0 N–H and O–H groups in total. The summed E-state index contributed by atoms with van der Waals surface area (Å²) in [7, 11) is -3.51. The Morgan fingerprint density at radius 1 is 0.757 bits per heavy atom. The van der Waals surface area contributed by atoms with Gasteiger partial charge in [0.1, 0.15) is 11.6 Å². The van der Waals surface area contributed by atoms with Crippen LogP contribution in [-0.2, 0) is 14.6 Å². The van der Waals surface area contributed by atoms with Crippen molar-refractivity contribution in [3.05, 3.63) is 78.4 Å². The first-order valence-electron chi connectivity index (χ1n) is 12.3. The molecule has 0 atom stereocenters. The van der Waals surface area contributed by atoms with Gasteiger partial charge in [0.05, 0.1) is 46.3 Å². The second-order valence-electron chi connectivity index (χ2n) is 9.07. The molecule has 0 aliphatic carbocycles. The quantitative estimate of drug-likeness (QED) is 0.298. The molecule has 0 unspecified atom stereocenters. The van der Waals surface area contributed by atoms with Gasteiger partial charge in [-0.25, -0.2) is 27.2 Å². The van der Waals surface area contributed by atoms with Crippen LogP contribution in [0, 0.1) is 11.6 Å². The Morgan fingerprint density at radius 3 is 1.92 bits per heavy atom. The lowest BCUT2D eigenvalue weighted by Crippen LogP contribution is -2.36. The zero-order valence-corrected chi connectivity index (χ0v) is 21.1. The monoisotopic (exact) mass is 523 g/mol. The minimum absolute atomic E-state index is 0.0504. The van der Waals surface area contributed by atoms with Crippen molar-refractivity contribution in [2.75, 3.05) is 38.6 Å². The molecule has 2 heterocycles. The number of morpholine rings is 1. The second kappa shape index (κ2) is 11.0. The van der Waals surface area contributed by atoms with Crippen molar-refractivity contribution in [3.63, 3.8) is 0 Å². The smallest absolute Gasteiger partial charge is 0.178 e. The molecular formula is C28H27F2N3O3S. The van der Waals surface area contributed by atoms with Gasteiger partial charge in [0.2, 0.25) is 0 Å². The van der Waals surface area contributed by atoms with Crippen LogP contribution in [0.1, 0.15) is 12.8 Å². The molecule has 192 valence electrons. The zero-order chi connectivity index (χ0) is 25.8. The highest BCUT2D eigenvalue weighted by molar-refractivity contribution is 7.91. The van der Waals surface area contributed by atoms with E-state index in [9.17, 15) is 17.2 Å². The molecule has 0 radical (unpaired) electrons. The maximum atomic E-state index is 13.6. The van der Waals surface area contributed by atoms with Gasteiger partial charge >= 0.3 is 0 Å². The van der Waals surface area contributed by atoms with E-state index in [2.05, 4.69) is 4.90 Å². The summed E-state index contributed by atoms with van der Waals surface area (Å²) in [5.74, 6) is -0.710. The first-order valence-corrected chi connectivity index (χ1v) is 13.9. The number of hydrogen-bond acceptors (Lipinski definition) is 6. The number of nitrogens with zero attached hydrogens (tertiary/aromatic N) is 3. The largest absolute Gasteiger partial charge is 0.379 e. The Kier molecular flexibility index (Phi) is 7.55. The maximum absolute atomic E-state index is 13.6. The highest BCUT2D eigenvalue weighted by Gasteiger charge is 2.19. The fourth-order valence-electron chi connectivity index (χ4n) is 4.42. The molecule has 9 heteroatoms. The Morgan fingerprint density at radius 2 is 1.32 bits per heavy atom. The highest BCUT2D eigenvalue weighted by Crippen LogP contribution is 2.32. The van der Waals surface area contributed by atoms with Crippen molar-refractivity contribution in [2.24, 2.45) is 0 Å². The Balaban J connectivity index is 1.44. The Hall–Kier alpha value is -3.27. The molecule has 1 aliphatic heterocycles.